The van der Waals surface area contributed by atoms with Crippen molar-refractivity contribution in [3.05, 3.63) is 35.9 Å². The van der Waals surface area contributed by atoms with Crippen LogP contribution in [0.4, 0.5) is 0 Å². The molecule has 1 heterocycles. The minimum atomic E-state index is 0.438. The van der Waals surface area contributed by atoms with Crippen LogP contribution in [0.3, 0.4) is 0 Å². The first-order valence-electron chi connectivity index (χ1n) is 6.96. The smallest absolute Gasteiger partial charge is 0.0291 e. The predicted molar refractivity (Wildman–Crippen MR) is 76.8 cm³/mol. The molecule has 0 amide bonds. The molecular weight excluding hydrogens is 222 g/mol. The zero-order chi connectivity index (χ0) is 12.8. The lowest BCUT2D eigenvalue weighted by atomic mass is 10.1. The van der Waals surface area contributed by atoms with E-state index in [-0.39, 0.29) is 0 Å². The fourth-order valence-corrected chi connectivity index (χ4v) is 2.52. The molecule has 2 atom stereocenters. The lowest BCUT2D eigenvalue weighted by molar-refractivity contribution is 0.230. The summed E-state index contributed by atoms with van der Waals surface area (Å²) in [6.07, 6.45) is 1.20. The van der Waals surface area contributed by atoms with E-state index < -0.39 is 0 Å². The predicted octanol–water partition coefficient (Wildman–Crippen LogP) is 1.63. The Morgan fingerprint density at radius 2 is 2.17 bits per heavy atom. The van der Waals surface area contributed by atoms with Gasteiger partial charge < -0.3 is 15.5 Å². The summed E-state index contributed by atoms with van der Waals surface area (Å²) in [6, 6.07) is 11.7. The average molecular weight is 247 g/mol. The summed E-state index contributed by atoms with van der Waals surface area (Å²) in [5.41, 5.74) is 1.37. The zero-order valence-corrected chi connectivity index (χ0v) is 11.5. The van der Waals surface area contributed by atoms with Gasteiger partial charge in [0.25, 0.3) is 0 Å². The van der Waals surface area contributed by atoms with Gasteiger partial charge in [0.1, 0.15) is 0 Å². The first kappa shape index (κ1) is 13.5. The van der Waals surface area contributed by atoms with Crippen molar-refractivity contribution >= 4 is 0 Å². The van der Waals surface area contributed by atoms with Gasteiger partial charge in [-0.1, -0.05) is 30.3 Å². The van der Waals surface area contributed by atoms with Gasteiger partial charge in [-0.25, -0.2) is 0 Å². The Kier molecular flexibility index (Phi) is 5.17. The van der Waals surface area contributed by atoms with Crippen molar-refractivity contribution in [2.45, 2.75) is 25.4 Å². The maximum absolute atomic E-state index is 3.60. The second-order valence-electron chi connectivity index (χ2n) is 5.29. The number of piperazine rings is 1. The summed E-state index contributed by atoms with van der Waals surface area (Å²) >= 11 is 0. The topological polar surface area (TPSA) is 27.3 Å². The van der Waals surface area contributed by atoms with Crippen LogP contribution in [-0.2, 0) is 0 Å². The average Bonchev–Trinajstić information content (AvgIpc) is 2.40. The van der Waals surface area contributed by atoms with Crippen LogP contribution in [0.1, 0.15) is 24.9 Å². The van der Waals surface area contributed by atoms with Crippen molar-refractivity contribution in [1.82, 2.24) is 15.5 Å². The molecule has 0 aromatic heterocycles. The third kappa shape index (κ3) is 4.09. The van der Waals surface area contributed by atoms with Gasteiger partial charge in [0.2, 0.25) is 0 Å². The van der Waals surface area contributed by atoms with E-state index in [2.05, 4.69) is 59.8 Å². The molecule has 0 bridgehead atoms. The van der Waals surface area contributed by atoms with Gasteiger partial charge >= 0.3 is 0 Å². The number of nitrogens with one attached hydrogen (secondary N) is 2. The molecule has 1 aromatic rings. The molecule has 1 fully saturated rings. The Morgan fingerprint density at radius 1 is 1.39 bits per heavy atom. The monoisotopic (exact) mass is 247 g/mol. The summed E-state index contributed by atoms with van der Waals surface area (Å²) < 4.78 is 0. The Balaban J connectivity index is 1.69. The van der Waals surface area contributed by atoms with Crippen LogP contribution in [0.25, 0.3) is 0 Å². The Bertz CT molecular complexity index is 339. The fourth-order valence-electron chi connectivity index (χ4n) is 2.52. The van der Waals surface area contributed by atoms with E-state index in [1.807, 2.05) is 0 Å². The number of benzene rings is 1. The largest absolute Gasteiger partial charge is 0.311 e. The molecule has 0 radical (unpaired) electrons. The molecule has 1 aliphatic rings. The van der Waals surface area contributed by atoms with Gasteiger partial charge in [-0.15, -0.1) is 0 Å². The molecule has 18 heavy (non-hydrogen) atoms. The van der Waals surface area contributed by atoms with Crippen LogP contribution in [0, 0.1) is 0 Å². The number of rotatable bonds is 5. The van der Waals surface area contributed by atoms with Gasteiger partial charge in [-0.05, 0) is 32.5 Å². The second kappa shape index (κ2) is 6.88. The van der Waals surface area contributed by atoms with Gasteiger partial charge in [-0.2, -0.15) is 0 Å². The van der Waals surface area contributed by atoms with E-state index in [0.29, 0.717) is 12.1 Å². The number of hydrogen-bond donors (Lipinski definition) is 2. The molecule has 3 heteroatoms. The van der Waals surface area contributed by atoms with E-state index >= 15 is 0 Å². The van der Waals surface area contributed by atoms with E-state index in [4.69, 9.17) is 0 Å². The Hall–Kier alpha value is -0.900. The highest BCUT2D eigenvalue weighted by Crippen LogP contribution is 2.11. The zero-order valence-electron chi connectivity index (χ0n) is 11.5. The molecule has 0 aliphatic carbocycles. The van der Waals surface area contributed by atoms with Crippen molar-refractivity contribution in [3.8, 4) is 0 Å². The summed E-state index contributed by atoms with van der Waals surface area (Å²) in [7, 11) is 2.20. The van der Waals surface area contributed by atoms with Crippen molar-refractivity contribution in [2.24, 2.45) is 0 Å². The van der Waals surface area contributed by atoms with E-state index in [1.165, 1.54) is 25.1 Å². The van der Waals surface area contributed by atoms with Crippen molar-refractivity contribution < 1.29 is 0 Å². The molecule has 0 spiro atoms. The molecule has 2 N–H and O–H groups in total. The van der Waals surface area contributed by atoms with E-state index in [0.717, 1.165) is 13.1 Å². The van der Waals surface area contributed by atoms with Crippen LogP contribution in [0.5, 0.6) is 0 Å². The van der Waals surface area contributed by atoms with Crippen molar-refractivity contribution in [2.75, 3.05) is 33.2 Å². The highest BCUT2D eigenvalue weighted by molar-refractivity contribution is 5.17. The summed E-state index contributed by atoms with van der Waals surface area (Å²) in [5, 5.41) is 7.18. The van der Waals surface area contributed by atoms with Crippen molar-refractivity contribution in [1.29, 1.82) is 0 Å². The van der Waals surface area contributed by atoms with Crippen LogP contribution < -0.4 is 10.6 Å². The van der Waals surface area contributed by atoms with Crippen LogP contribution in [0.15, 0.2) is 30.3 Å². The minimum absolute atomic E-state index is 0.438. The molecule has 2 rings (SSSR count). The fraction of sp³-hybridized carbons (Fsp3) is 0.600. The standard InChI is InChI=1S/C15H25N3/c1-13(14-6-4-3-5-7-14)16-9-8-15-12-18(2)11-10-17-15/h3-7,13,15-17H,8-12H2,1-2H3. The number of hydrogen-bond acceptors (Lipinski definition) is 3. The quantitative estimate of drug-likeness (QED) is 0.828. The summed E-state index contributed by atoms with van der Waals surface area (Å²) in [4.78, 5) is 2.40. The van der Waals surface area contributed by atoms with Gasteiger partial charge in [-0.3, -0.25) is 0 Å². The first-order valence-corrected chi connectivity index (χ1v) is 6.96. The lowest BCUT2D eigenvalue weighted by Gasteiger charge is -2.31. The lowest BCUT2D eigenvalue weighted by Crippen LogP contribution is -2.49. The Labute approximate surface area is 111 Å². The summed E-state index contributed by atoms with van der Waals surface area (Å²) in [6.45, 7) is 6.76. The normalized spacial score (nSPS) is 22.9. The van der Waals surface area contributed by atoms with Gasteiger partial charge in [0.15, 0.2) is 0 Å². The molecule has 1 saturated heterocycles. The maximum Gasteiger partial charge on any atom is 0.0291 e. The highest BCUT2D eigenvalue weighted by Gasteiger charge is 2.15. The molecule has 100 valence electrons. The van der Waals surface area contributed by atoms with Gasteiger partial charge in [0.05, 0.1) is 0 Å². The molecular formula is C15H25N3. The molecule has 1 aliphatic heterocycles. The maximum atomic E-state index is 3.60. The number of likely N-dealkylation sites (N-methyl/N-ethyl adjacent to an activating group) is 1. The molecule has 1 aromatic carbocycles. The molecule has 0 saturated carbocycles. The van der Waals surface area contributed by atoms with Crippen LogP contribution >= 0.6 is 0 Å². The minimum Gasteiger partial charge on any atom is -0.311 e. The van der Waals surface area contributed by atoms with Crippen LogP contribution in [0.2, 0.25) is 0 Å². The van der Waals surface area contributed by atoms with Crippen LogP contribution in [-0.4, -0.2) is 44.2 Å². The van der Waals surface area contributed by atoms with E-state index in [9.17, 15) is 0 Å². The van der Waals surface area contributed by atoms with Crippen molar-refractivity contribution in [3.63, 3.8) is 0 Å². The molecule has 2 unspecified atom stereocenters. The third-order valence-corrected chi connectivity index (χ3v) is 3.70. The Morgan fingerprint density at radius 3 is 2.89 bits per heavy atom. The molecule has 3 nitrogen and oxygen atoms in total. The third-order valence-electron chi connectivity index (χ3n) is 3.70. The van der Waals surface area contributed by atoms with E-state index in [1.54, 1.807) is 0 Å². The second-order valence-corrected chi connectivity index (χ2v) is 5.29. The van der Waals surface area contributed by atoms with Gasteiger partial charge in [0, 0.05) is 31.7 Å². The summed E-state index contributed by atoms with van der Waals surface area (Å²) in [5.74, 6) is 0. The highest BCUT2D eigenvalue weighted by atomic mass is 15.2. The number of nitrogens with zero attached hydrogens (tertiary/aromatic N) is 1. The SMILES string of the molecule is CC(NCCC1CN(C)CCN1)c1ccccc1. The first-order chi connectivity index (χ1) is 8.75.